The van der Waals surface area contributed by atoms with Crippen LogP contribution in [0.2, 0.25) is 0 Å². The van der Waals surface area contributed by atoms with Crippen LogP contribution in [0, 0.1) is 5.92 Å². The van der Waals surface area contributed by atoms with E-state index < -0.39 is 17.8 Å². The van der Waals surface area contributed by atoms with E-state index in [2.05, 4.69) is 36.2 Å². The molecule has 2 aromatic heterocycles. The lowest BCUT2D eigenvalue weighted by atomic mass is 9.96. The van der Waals surface area contributed by atoms with Crippen LogP contribution in [0.25, 0.3) is 16.9 Å². The van der Waals surface area contributed by atoms with Crippen molar-refractivity contribution in [2.75, 3.05) is 30.9 Å². The van der Waals surface area contributed by atoms with Crippen molar-refractivity contribution >= 4 is 34.4 Å². The topological polar surface area (TPSA) is 118 Å². The van der Waals surface area contributed by atoms with Gasteiger partial charge in [-0.1, -0.05) is 13.0 Å². The normalized spacial score (nSPS) is 18.3. The lowest BCUT2D eigenvalue weighted by Gasteiger charge is -2.24. The third-order valence-corrected chi connectivity index (χ3v) is 7.11. The summed E-state index contributed by atoms with van der Waals surface area (Å²) >= 11 is 0. The van der Waals surface area contributed by atoms with Gasteiger partial charge in [0, 0.05) is 55.8 Å². The van der Waals surface area contributed by atoms with Gasteiger partial charge >= 0.3 is 12.2 Å². The third kappa shape index (κ3) is 6.10. The van der Waals surface area contributed by atoms with Crippen LogP contribution in [-0.2, 0) is 17.5 Å². The molecular formula is C27H31F3N8O2. The van der Waals surface area contributed by atoms with Crippen molar-refractivity contribution < 1.29 is 22.7 Å². The summed E-state index contributed by atoms with van der Waals surface area (Å²) in [5.41, 5.74) is 2.29. The standard InChI is InChI=1S/C27H31F3N8O2/c1-16-11-20(38-15-35-23-24(31-2)33-14-34-25(23)38)5-6-22(16)37-26(39)36-19-4-3-17(21(12-19)27(28,29)30)13-32-18-7-9-40-10-8-18/h3-6,12,14-16,18,32H,7-11,13H2,1-2H3,(H,31,33,34)(H2,36,37,39). The zero-order valence-corrected chi connectivity index (χ0v) is 22.2. The number of ether oxygens (including phenoxy) is 1. The monoisotopic (exact) mass is 556 g/mol. The molecule has 3 heterocycles. The number of imidazole rings is 1. The highest BCUT2D eigenvalue weighted by molar-refractivity contribution is 5.91. The van der Waals surface area contributed by atoms with E-state index in [1.807, 2.05) is 17.6 Å². The molecule has 0 radical (unpaired) electrons. The number of allylic oxidation sites excluding steroid dienone is 4. The summed E-state index contributed by atoms with van der Waals surface area (Å²) in [5.74, 6) is 0.554. The van der Waals surface area contributed by atoms with Crippen LogP contribution in [0.15, 0.2) is 48.7 Å². The first-order valence-corrected chi connectivity index (χ1v) is 13.1. The van der Waals surface area contributed by atoms with E-state index in [9.17, 15) is 18.0 Å². The lowest BCUT2D eigenvalue weighted by Crippen LogP contribution is -2.34. The molecule has 0 spiro atoms. The Balaban J connectivity index is 1.26. The maximum Gasteiger partial charge on any atom is 0.416 e. The first kappa shape index (κ1) is 27.6. The summed E-state index contributed by atoms with van der Waals surface area (Å²) < 4.78 is 48.7. The number of fused-ring (bicyclic) bond motifs is 1. The fraction of sp³-hybridized carbons (Fsp3) is 0.407. The quantitative estimate of drug-likeness (QED) is 0.332. The van der Waals surface area contributed by atoms with Crippen molar-refractivity contribution in [1.82, 2.24) is 30.2 Å². The van der Waals surface area contributed by atoms with Gasteiger partial charge in [-0.25, -0.2) is 19.7 Å². The summed E-state index contributed by atoms with van der Waals surface area (Å²) in [4.78, 5) is 25.7. The van der Waals surface area contributed by atoms with Gasteiger partial charge in [-0.2, -0.15) is 13.2 Å². The molecule has 1 unspecified atom stereocenters. The number of nitrogens with zero attached hydrogens (tertiary/aromatic N) is 4. The Labute approximate surface area is 229 Å². The summed E-state index contributed by atoms with van der Waals surface area (Å²) in [6.45, 7) is 3.23. The van der Waals surface area contributed by atoms with E-state index in [4.69, 9.17) is 4.74 Å². The maximum absolute atomic E-state index is 13.8. The van der Waals surface area contributed by atoms with Crippen molar-refractivity contribution in [2.24, 2.45) is 5.92 Å². The van der Waals surface area contributed by atoms with Crippen LogP contribution >= 0.6 is 0 Å². The Morgan fingerprint density at radius 2 is 1.93 bits per heavy atom. The number of rotatable bonds is 7. The highest BCUT2D eigenvalue weighted by atomic mass is 19.4. The molecule has 13 heteroatoms. The number of benzene rings is 1. The summed E-state index contributed by atoms with van der Waals surface area (Å²) in [5, 5.41) is 11.5. The van der Waals surface area contributed by atoms with E-state index in [0.29, 0.717) is 42.3 Å². The fourth-order valence-electron chi connectivity index (χ4n) is 4.94. The molecule has 4 N–H and O–H groups in total. The predicted molar refractivity (Wildman–Crippen MR) is 145 cm³/mol. The second kappa shape index (κ2) is 11.6. The molecule has 212 valence electrons. The van der Waals surface area contributed by atoms with Gasteiger partial charge in [-0.05, 0) is 49.1 Å². The smallest absolute Gasteiger partial charge is 0.381 e. The Bertz CT molecular complexity index is 1440. The molecule has 1 fully saturated rings. The van der Waals surface area contributed by atoms with Crippen LogP contribution < -0.4 is 21.3 Å². The van der Waals surface area contributed by atoms with Gasteiger partial charge in [0.05, 0.1) is 5.56 Å². The fourth-order valence-corrected chi connectivity index (χ4v) is 4.94. The average Bonchev–Trinajstić information content (AvgIpc) is 3.38. The minimum atomic E-state index is -4.56. The van der Waals surface area contributed by atoms with Crippen LogP contribution in [-0.4, -0.2) is 51.9 Å². The molecule has 40 heavy (non-hydrogen) atoms. The van der Waals surface area contributed by atoms with Gasteiger partial charge in [0.1, 0.15) is 12.7 Å². The second-order valence-corrected chi connectivity index (χ2v) is 9.86. The molecule has 0 saturated carbocycles. The van der Waals surface area contributed by atoms with Gasteiger partial charge in [-0.3, -0.25) is 4.57 Å². The molecule has 2 aliphatic rings. The van der Waals surface area contributed by atoms with E-state index >= 15 is 0 Å². The Hall–Kier alpha value is -3.97. The maximum atomic E-state index is 13.8. The lowest BCUT2D eigenvalue weighted by molar-refractivity contribution is -0.138. The summed E-state index contributed by atoms with van der Waals surface area (Å²) in [6.07, 6.45) is 4.33. The number of hydrogen-bond donors (Lipinski definition) is 4. The first-order valence-electron chi connectivity index (χ1n) is 13.1. The van der Waals surface area contributed by atoms with Crippen molar-refractivity contribution in [3.05, 3.63) is 59.8 Å². The predicted octanol–water partition coefficient (Wildman–Crippen LogP) is 4.74. The molecule has 1 atom stereocenters. The SMILES string of the molecule is CNc1ncnc2c1ncn2C1=CC=C(NC(=O)Nc2ccc(CNC3CCOCC3)c(C(F)(F)F)c2)C(C)C1. The highest BCUT2D eigenvalue weighted by Crippen LogP contribution is 2.34. The minimum absolute atomic E-state index is 0.0600. The number of nitrogens with one attached hydrogen (secondary N) is 4. The molecule has 2 amide bonds. The molecule has 1 aliphatic heterocycles. The number of hydrogen-bond acceptors (Lipinski definition) is 7. The van der Waals surface area contributed by atoms with Gasteiger partial charge in [-0.15, -0.1) is 0 Å². The van der Waals surface area contributed by atoms with E-state index in [-0.39, 0.29) is 29.8 Å². The van der Waals surface area contributed by atoms with Crippen LogP contribution in [0.4, 0.5) is 29.5 Å². The van der Waals surface area contributed by atoms with Gasteiger partial charge in [0.2, 0.25) is 0 Å². The number of carbonyl (C=O) groups excluding carboxylic acids is 1. The highest BCUT2D eigenvalue weighted by Gasteiger charge is 2.34. The molecule has 5 rings (SSSR count). The Morgan fingerprint density at radius 3 is 2.65 bits per heavy atom. The average molecular weight is 557 g/mol. The molecule has 0 bridgehead atoms. The van der Waals surface area contributed by atoms with Crippen LogP contribution in [0.3, 0.4) is 0 Å². The zero-order valence-electron chi connectivity index (χ0n) is 22.2. The van der Waals surface area contributed by atoms with Crippen LogP contribution in [0.1, 0.15) is 37.3 Å². The van der Waals surface area contributed by atoms with E-state index in [1.165, 1.54) is 18.5 Å². The summed E-state index contributed by atoms with van der Waals surface area (Å²) in [6, 6.07) is 3.36. The van der Waals surface area contributed by atoms with Crippen LogP contribution in [0.5, 0.6) is 0 Å². The van der Waals surface area contributed by atoms with Gasteiger partial charge < -0.3 is 26.0 Å². The number of amides is 2. The Morgan fingerprint density at radius 1 is 1.12 bits per heavy atom. The summed E-state index contributed by atoms with van der Waals surface area (Å²) in [7, 11) is 1.76. The number of carbonyl (C=O) groups is 1. The number of alkyl halides is 3. The Kier molecular flexibility index (Phi) is 8.03. The van der Waals surface area contributed by atoms with E-state index in [0.717, 1.165) is 24.6 Å². The zero-order chi connectivity index (χ0) is 28.3. The molecule has 1 aromatic carbocycles. The van der Waals surface area contributed by atoms with Crippen molar-refractivity contribution in [1.29, 1.82) is 0 Å². The first-order chi connectivity index (χ1) is 19.2. The third-order valence-electron chi connectivity index (χ3n) is 7.11. The molecular weight excluding hydrogens is 525 g/mol. The number of aromatic nitrogens is 4. The van der Waals surface area contributed by atoms with Gasteiger partial charge in [0.15, 0.2) is 17.0 Å². The number of urea groups is 1. The molecule has 3 aromatic rings. The van der Waals surface area contributed by atoms with E-state index in [1.54, 1.807) is 19.5 Å². The van der Waals surface area contributed by atoms with Crippen molar-refractivity contribution in [3.63, 3.8) is 0 Å². The molecule has 1 saturated heterocycles. The molecule has 1 aliphatic carbocycles. The molecule has 10 nitrogen and oxygen atoms in total. The second-order valence-electron chi connectivity index (χ2n) is 9.86. The van der Waals surface area contributed by atoms with Gasteiger partial charge in [0.25, 0.3) is 0 Å². The van der Waals surface area contributed by atoms with Crippen molar-refractivity contribution in [2.45, 2.75) is 44.9 Å². The van der Waals surface area contributed by atoms with Crippen molar-refractivity contribution in [3.8, 4) is 0 Å². The number of anilines is 2. The number of halogens is 3. The largest absolute Gasteiger partial charge is 0.416 e. The minimum Gasteiger partial charge on any atom is -0.381 e.